The minimum absolute atomic E-state index is 0.212. The molecule has 2 aliphatic rings. The lowest BCUT2D eigenvalue weighted by molar-refractivity contribution is -0.142. The van der Waals surface area contributed by atoms with Crippen LogP contribution in [-0.4, -0.2) is 110 Å². The standard InChI is InChI=1S/C24H45N5O6/c1-23(2,3)34-21(31)25-10-8-17-20(29-14-12-28(13-15-29)16-19(30)33-7)18(27-17)9-11-26-22(32)35-24(4,5)6/h17-18,20,27H,8-16H2,1-7H3,(H,25,31)(H,26,32). The van der Waals surface area contributed by atoms with Gasteiger partial charge in [0.25, 0.3) is 0 Å². The molecule has 2 atom stereocenters. The van der Waals surface area contributed by atoms with E-state index in [0.29, 0.717) is 19.6 Å². The minimum atomic E-state index is -0.530. The molecule has 0 aliphatic carbocycles. The first-order valence-corrected chi connectivity index (χ1v) is 12.5. The predicted octanol–water partition coefficient (Wildman–Crippen LogP) is 1.32. The molecule has 0 aromatic heterocycles. The number of hydrogen-bond acceptors (Lipinski definition) is 9. The maximum Gasteiger partial charge on any atom is 0.407 e. The van der Waals surface area contributed by atoms with Crippen molar-refractivity contribution in [2.75, 3.05) is 52.9 Å². The van der Waals surface area contributed by atoms with Crippen LogP contribution in [0.5, 0.6) is 0 Å². The van der Waals surface area contributed by atoms with Gasteiger partial charge in [-0.05, 0) is 54.4 Å². The number of amides is 2. The van der Waals surface area contributed by atoms with Gasteiger partial charge < -0.3 is 30.2 Å². The zero-order valence-corrected chi connectivity index (χ0v) is 22.4. The summed E-state index contributed by atoms with van der Waals surface area (Å²) in [6.07, 6.45) is 0.704. The van der Waals surface area contributed by atoms with Crippen molar-refractivity contribution in [2.45, 2.75) is 83.7 Å². The first kappa shape index (κ1) is 29.1. The van der Waals surface area contributed by atoms with E-state index in [1.165, 1.54) is 7.11 Å². The lowest BCUT2D eigenvalue weighted by Gasteiger charge is -2.53. The van der Waals surface area contributed by atoms with Crippen LogP contribution in [0.2, 0.25) is 0 Å². The van der Waals surface area contributed by atoms with Gasteiger partial charge in [0.05, 0.1) is 13.7 Å². The Kier molecular flexibility index (Phi) is 10.6. The molecule has 2 fully saturated rings. The van der Waals surface area contributed by atoms with E-state index in [1.807, 2.05) is 41.5 Å². The molecule has 2 aliphatic heterocycles. The fraction of sp³-hybridized carbons (Fsp3) is 0.875. The number of methoxy groups -OCH3 is 1. The van der Waals surface area contributed by atoms with Gasteiger partial charge in [-0.1, -0.05) is 0 Å². The Morgan fingerprint density at radius 1 is 0.829 bits per heavy atom. The molecule has 0 spiro atoms. The first-order valence-electron chi connectivity index (χ1n) is 12.5. The largest absolute Gasteiger partial charge is 0.468 e. The first-order chi connectivity index (χ1) is 16.3. The Hall–Kier alpha value is -2.11. The molecule has 2 amide bonds. The number of nitrogens with zero attached hydrogens (tertiary/aromatic N) is 2. The quantitative estimate of drug-likeness (QED) is 0.318. The van der Waals surface area contributed by atoms with Gasteiger partial charge in [-0.2, -0.15) is 0 Å². The van der Waals surface area contributed by atoms with Gasteiger partial charge in [-0.15, -0.1) is 0 Å². The summed E-state index contributed by atoms with van der Waals surface area (Å²) in [6.45, 7) is 15.6. The number of nitrogens with one attached hydrogen (secondary N) is 3. The molecule has 35 heavy (non-hydrogen) atoms. The Labute approximate surface area is 209 Å². The molecule has 3 N–H and O–H groups in total. The molecule has 0 aromatic rings. The Morgan fingerprint density at radius 2 is 1.29 bits per heavy atom. The molecule has 11 nitrogen and oxygen atoms in total. The van der Waals surface area contributed by atoms with Gasteiger partial charge in [0, 0.05) is 57.4 Å². The molecule has 0 aromatic carbocycles. The Morgan fingerprint density at radius 3 is 1.69 bits per heavy atom. The summed E-state index contributed by atoms with van der Waals surface area (Å²) in [5, 5.41) is 9.29. The number of piperazine rings is 1. The van der Waals surface area contributed by atoms with E-state index in [-0.39, 0.29) is 24.1 Å². The van der Waals surface area contributed by atoms with E-state index in [9.17, 15) is 14.4 Å². The van der Waals surface area contributed by atoms with E-state index in [1.54, 1.807) is 0 Å². The summed E-state index contributed by atoms with van der Waals surface area (Å²) < 4.78 is 15.4. The van der Waals surface area contributed by atoms with Crippen molar-refractivity contribution in [3.8, 4) is 0 Å². The molecular weight excluding hydrogens is 454 g/mol. The van der Waals surface area contributed by atoms with Crippen molar-refractivity contribution >= 4 is 18.2 Å². The average Bonchev–Trinajstić information content (AvgIpc) is 2.70. The summed E-state index contributed by atoms with van der Waals surface area (Å²) in [7, 11) is 1.41. The van der Waals surface area contributed by atoms with Crippen LogP contribution in [0.3, 0.4) is 0 Å². The number of carbonyl (C=O) groups excluding carboxylic acids is 3. The monoisotopic (exact) mass is 499 g/mol. The highest BCUT2D eigenvalue weighted by molar-refractivity contribution is 5.71. The Bertz CT molecular complexity index is 672. The SMILES string of the molecule is COC(=O)CN1CCN(C2C(CCNC(=O)OC(C)(C)C)NC2CCNC(=O)OC(C)(C)C)CC1. The second-order valence-electron chi connectivity index (χ2n) is 11.2. The number of ether oxygens (including phenoxy) is 3. The molecule has 2 saturated heterocycles. The molecule has 11 heteroatoms. The van der Waals surface area contributed by atoms with Gasteiger partial charge >= 0.3 is 18.2 Å². The van der Waals surface area contributed by atoms with E-state index >= 15 is 0 Å². The van der Waals surface area contributed by atoms with E-state index in [4.69, 9.17) is 14.2 Å². The highest BCUT2D eigenvalue weighted by Crippen LogP contribution is 2.26. The van der Waals surface area contributed by atoms with Crippen LogP contribution in [0.15, 0.2) is 0 Å². The van der Waals surface area contributed by atoms with Crippen molar-refractivity contribution in [3.63, 3.8) is 0 Å². The highest BCUT2D eigenvalue weighted by Gasteiger charge is 2.44. The molecule has 2 rings (SSSR count). The second kappa shape index (κ2) is 12.7. The third kappa shape index (κ3) is 10.6. The summed E-state index contributed by atoms with van der Waals surface area (Å²) in [4.78, 5) is 40.1. The summed E-state index contributed by atoms with van der Waals surface area (Å²) in [5.74, 6) is -0.221. The van der Waals surface area contributed by atoms with E-state index in [2.05, 4.69) is 25.8 Å². The molecule has 2 unspecified atom stereocenters. The van der Waals surface area contributed by atoms with Gasteiger partial charge in [-0.25, -0.2) is 9.59 Å². The van der Waals surface area contributed by atoms with Gasteiger partial charge in [-0.3, -0.25) is 14.6 Å². The van der Waals surface area contributed by atoms with Crippen LogP contribution in [-0.2, 0) is 19.0 Å². The van der Waals surface area contributed by atoms with Crippen LogP contribution in [0.4, 0.5) is 9.59 Å². The number of hydrogen-bond donors (Lipinski definition) is 3. The lowest BCUT2D eigenvalue weighted by atomic mass is 9.84. The van der Waals surface area contributed by atoms with Gasteiger partial charge in [0.15, 0.2) is 0 Å². The van der Waals surface area contributed by atoms with Crippen LogP contribution < -0.4 is 16.0 Å². The maximum atomic E-state index is 12.0. The molecule has 0 saturated carbocycles. The maximum absolute atomic E-state index is 12.0. The molecule has 0 bridgehead atoms. The lowest BCUT2D eigenvalue weighted by Crippen LogP contribution is -2.74. The number of rotatable bonds is 9. The van der Waals surface area contributed by atoms with E-state index in [0.717, 1.165) is 39.0 Å². The topological polar surface area (TPSA) is 121 Å². The van der Waals surface area contributed by atoms with Crippen LogP contribution in [0, 0.1) is 0 Å². The fourth-order valence-corrected chi connectivity index (χ4v) is 4.41. The number of esters is 1. The number of carbonyl (C=O) groups is 3. The molecule has 0 radical (unpaired) electrons. The van der Waals surface area contributed by atoms with Gasteiger partial charge in [0.1, 0.15) is 11.2 Å². The van der Waals surface area contributed by atoms with Crippen LogP contribution in [0.25, 0.3) is 0 Å². The van der Waals surface area contributed by atoms with Gasteiger partial charge in [0.2, 0.25) is 0 Å². The fourth-order valence-electron chi connectivity index (χ4n) is 4.41. The molecule has 2 heterocycles. The van der Waals surface area contributed by atoms with Crippen molar-refractivity contribution in [1.82, 2.24) is 25.8 Å². The van der Waals surface area contributed by atoms with Crippen molar-refractivity contribution in [3.05, 3.63) is 0 Å². The third-order valence-electron chi connectivity index (χ3n) is 5.91. The average molecular weight is 500 g/mol. The summed E-state index contributed by atoms with van der Waals surface area (Å²) in [6, 6.07) is 0.698. The summed E-state index contributed by atoms with van der Waals surface area (Å²) >= 11 is 0. The van der Waals surface area contributed by atoms with Crippen molar-refractivity contribution in [1.29, 1.82) is 0 Å². The van der Waals surface area contributed by atoms with Crippen molar-refractivity contribution < 1.29 is 28.6 Å². The normalized spacial score (nSPS) is 23.7. The zero-order chi connectivity index (χ0) is 26.2. The second-order valence-corrected chi connectivity index (χ2v) is 11.2. The smallest absolute Gasteiger partial charge is 0.407 e. The van der Waals surface area contributed by atoms with Crippen LogP contribution in [0.1, 0.15) is 54.4 Å². The van der Waals surface area contributed by atoms with Crippen molar-refractivity contribution in [2.24, 2.45) is 0 Å². The zero-order valence-electron chi connectivity index (χ0n) is 22.4. The number of alkyl carbamates (subject to hydrolysis) is 2. The molecular formula is C24H45N5O6. The predicted molar refractivity (Wildman–Crippen MR) is 132 cm³/mol. The Balaban J connectivity index is 1.87. The van der Waals surface area contributed by atoms with E-state index < -0.39 is 23.4 Å². The highest BCUT2D eigenvalue weighted by atomic mass is 16.6. The van der Waals surface area contributed by atoms with Crippen LogP contribution >= 0.6 is 0 Å². The summed E-state index contributed by atoms with van der Waals surface area (Å²) in [5.41, 5.74) is -1.06. The third-order valence-corrected chi connectivity index (χ3v) is 5.91. The molecule has 202 valence electrons. The minimum Gasteiger partial charge on any atom is -0.468 e.